The molecule has 1 aliphatic heterocycles. The molecule has 8 heteroatoms. The summed E-state index contributed by atoms with van der Waals surface area (Å²) in [5, 5.41) is 7.49. The number of fused-ring (bicyclic) bond motifs is 1. The van der Waals surface area contributed by atoms with Crippen LogP contribution >= 0.6 is 11.8 Å². The van der Waals surface area contributed by atoms with Crippen molar-refractivity contribution in [3.8, 4) is 5.69 Å². The lowest BCUT2D eigenvalue weighted by atomic mass is 10.1. The second kappa shape index (κ2) is 7.48. The third kappa shape index (κ3) is 3.77. The Hall–Kier alpha value is -2.35. The van der Waals surface area contributed by atoms with Crippen LogP contribution in [0, 0.1) is 5.82 Å². The molecule has 1 aromatic carbocycles. The van der Waals surface area contributed by atoms with Crippen LogP contribution in [0.25, 0.3) is 5.69 Å². The molecule has 0 bridgehead atoms. The molecular formula is C21H25FN4O2S. The Labute approximate surface area is 173 Å². The van der Waals surface area contributed by atoms with Crippen molar-refractivity contribution in [2.24, 2.45) is 0 Å². The standard InChI is InChI=1S/C21H25FN4O2S/c1-21(2,3)23-19(27)17-11-29-12-25(17)20(28)18-13-7-6-10-15(13)26(24-18)16-9-5-4-8-14(16)22/h4-5,8-9,17H,6-7,10-12H2,1-3H3,(H,23,27). The summed E-state index contributed by atoms with van der Waals surface area (Å²) in [6.07, 6.45) is 2.40. The average Bonchev–Trinajstić information content (AvgIpc) is 3.36. The van der Waals surface area contributed by atoms with E-state index in [2.05, 4.69) is 10.4 Å². The van der Waals surface area contributed by atoms with Gasteiger partial charge in [0.15, 0.2) is 5.69 Å². The van der Waals surface area contributed by atoms with Gasteiger partial charge >= 0.3 is 0 Å². The zero-order valence-electron chi connectivity index (χ0n) is 16.9. The number of nitrogens with one attached hydrogen (secondary N) is 1. The molecule has 2 aliphatic rings. The lowest BCUT2D eigenvalue weighted by Gasteiger charge is -2.27. The number of hydrogen-bond acceptors (Lipinski definition) is 4. The molecule has 1 unspecified atom stereocenters. The molecule has 1 aliphatic carbocycles. The highest BCUT2D eigenvalue weighted by molar-refractivity contribution is 7.99. The second-order valence-electron chi connectivity index (χ2n) is 8.52. The van der Waals surface area contributed by atoms with E-state index in [0.717, 1.165) is 30.5 Å². The van der Waals surface area contributed by atoms with E-state index >= 15 is 0 Å². The Bertz CT molecular complexity index is 966. The first-order valence-corrected chi connectivity index (χ1v) is 11.0. The highest BCUT2D eigenvalue weighted by atomic mass is 32.2. The van der Waals surface area contributed by atoms with Crippen molar-refractivity contribution in [3.63, 3.8) is 0 Å². The zero-order valence-corrected chi connectivity index (χ0v) is 17.7. The predicted molar refractivity (Wildman–Crippen MR) is 111 cm³/mol. The summed E-state index contributed by atoms with van der Waals surface area (Å²) in [7, 11) is 0. The molecule has 2 heterocycles. The molecule has 0 radical (unpaired) electrons. The van der Waals surface area contributed by atoms with Gasteiger partial charge in [0, 0.05) is 22.5 Å². The number of hydrogen-bond donors (Lipinski definition) is 1. The monoisotopic (exact) mass is 416 g/mol. The fourth-order valence-electron chi connectivity index (χ4n) is 3.88. The molecule has 1 atom stereocenters. The van der Waals surface area contributed by atoms with Gasteiger partial charge < -0.3 is 10.2 Å². The minimum atomic E-state index is -0.526. The van der Waals surface area contributed by atoms with E-state index in [1.54, 1.807) is 39.5 Å². The largest absolute Gasteiger partial charge is 0.350 e. The Kier molecular flexibility index (Phi) is 5.14. The molecule has 4 rings (SSSR count). The van der Waals surface area contributed by atoms with E-state index in [9.17, 15) is 14.0 Å². The Morgan fingerprint density at radius 1 is 1.24 bits per heavy atom. The molecule has 1 aromatic heterocycles. The van der Waals surface area contributed by atoms with Crippen molar-refractivity contribution in [1.82, 2.24) is 20.0 Å². The number of thioether (sulfide) groups is 1. The minimum absolute atomic E-state index is 0.152. The van der Waals surface area contributed by atoms with Crippen LogP contribution in [0.5, 0.6) is 0 Å². The zero-order chi connectivity index (χ0) is 20.8. The number of benzene rings is 1. The summed E-state index contributed by atoms with van der Waals surface area (Å²) in [5.74, 6) is 0.230. The molecule has 154 valence electrons. The minimum Gasteiger partial charge on any atom is -0.350 e. The van der Waals surface area contributed by atoms with E-state index in [0.29, 0.717) is 23.0 Å². The van der Waals surface area contributed by atoms with Crippen LogP contribution in [0.4, 0.5) is 4.39 Å². The van der Waals surface area contributed by atoms with Crippen molar-refractivity contribution < 1.29 is 14.0 Å². The molecule has 1 fully saturated rings. The fourth-order valence-corrected chi connectivity index (χ4v) is 5.03. The number of rotatable bonds is 3. The average molecular weight is 417 g/mol. The van der Waals surface area contributed by atoms with E-state index in [1.165, 1.54) is 6.07 Å². The van der Waals surface area contributed by atoms with Gasteiger partial charge in [0.1, 0.15) is 17.5 Å². The molecule has 1 saturated heterocycles. The number of carbonyl (C=O) groups is 2. The van der Waals surface area contributed by atoms with Crippen molar-refractivity contribution in [1.29, 1.82) is 0 Å². The molecule has 29 heavy (non-hydrogen) atoms. The molecule has 6 nitrogen and oxygen atoms in total. The molecule has 2 amide bonds. The van der Waals surface area contributed by atoms with Gasteiger partial charge in [-0.3, -0.25) is 9.59 Å². The van der Waals surface area contributed by atoms with Gasteiger partial charge in [-0.15, -0.1) is 11.8 Å². The first-order chi connectivity index (χ1) is 13.8. The summed E-state index contributed by atoms with van der Waals surface area (Å²) in [5.41, 5.74) is 2.10. The Morgan fingerprint density at radius 3 is 2.72 bits per heavy atom. The summed E-state index contributed by atoms with van der Waals surface area (Å²) in [6.45, 7) is 5.76. The first kappa shape index (κ1) is 19.9. The van der Waals surface area contributed by atoms with Gasteiger partial charge in [0.2, 0.25) is 5.91 Å². The van der Waals surface area contributed by atoms with Gasteiger partial charge in [-0.1, -0.05) is 12.1 Å². The van der Waals surface area contributed by atoms with Gasteiger partial charge in [-0.05, 0) is 52.2 Å². The van der Waals surface area contributed by atoms with E-state index in [1.807, 2.05) is 20.8 Å². The van der Waals surface area contributed by atoms with Crippen LogP contribution in [0.2, 0.25) is 0 Å². The predicted octanol–water partition coefficient (Wildman–Crippen LogP) is 2.93. The van der Waals surface area contributed by atoms with Crippen LogP contribution in [0.1, 0.15) is 48.9 Å². The van der Waals surface area contributed by atoms with E-state index in [4.69, 9.17) is 0 Å². The Balaban J connectivity index is 1.67. The third-order valence-electron chi connectivity index (χ3n) is 5.16. The number of aromatic nitrogens is 2. The smallest absolute Gasteiger partial charge is 0.276 e. The molecule has 2 aromatic rings. The van der Waals surface area contributed by atoms with Gasteiger partial charge in [0.05, 0.1) is 5.88 Å². The molecular weight excluding hydrogens is 391 g/mol. The lowest BCUT2D eigenvalue weighted by Crippen LogP contribution is -2.52. The quantitative estimate of drug-likeness (QED) is 0.836. The maximum atomic E-state index is 14.4. The molecule has 0 spiro atoms. The van der Waals surface area contributed by atoms with Crippen LogP contribution in [0.15, 0.2) is 24.3 Å². The van der Waals surface area contributed by atoms with Crippen molar-refractivity contribution in [2.75, 3.05) is 11.6 Å². The number of carbonyl (C=O) groups excluding carboxylic acids is 2. The molecule has 0 saturated carbocycles. The lowest BCUT2D eigenvalue weighted by molar-refractivity contribution is -0.125. The first-order valence-electron chi connectivity index (χ1n) is 9.82. The summed E-state index contributed by atoms with van der Waals surface area (Å²) >= 11 is 1.56. The van der Waals surface area contributed by atoms with E-state index < -0.39 is 6.04 Å². The molecule has 1 N–H and O–H groups in total. The van der Waals surface area contributed by atoms with Crippen LogP contribution in [0.3, 0.4) is 0 Å². The third-order valence-corrected chi connectivity index (χ3v) is 6.17. The van der Waals surface area contributed by atoms with Gasteiger partial charge in [-0.2, -0.15) is 5.10 Å². The number of amides is 2. The summed E-state index contributed by atoms with van der Waals surface area (Å²) in [4.78, 5) is 27.7. The van der Waals surface area contributed by atoms with Crippen molar-refractivity contribution in [3.05, 3.63) is 47.0 Å². The maximum absolute atomic E-state index is 14.4. The number of halogens is 1. The highest BCUT2D eigenvalue weighted by Gasteiger charge is 2.39. The van der Waals surface area contributed by atoms with Crippen molar-refractivity contribution >= 4 is 23.6 Å². The van der Waals surface area contributed by atoms with Gasteiger partial charge in [-0.25, -0.2) is 9.07 Å². The normalized spacial score (nSPS) is 18.8. The number of para-hydroxylation sites is 1. The van der Waals surface area contributed by atoms with Crippen LogP contribution in [-0.2, 0) is 17.6 Å². The van der Waals surface area contributed by atoms with Crippen LogP contribution < -0.4 is 5.32 Å². The van der Waals surface area contributed by atoms with Gasteiger partial charge in [0.25, 0.3) is 5.91 Å². The maximum Gasteiger partial charge on any atom is 0.276 e. The SMILES string of the molecule is CC(C)(C)NC(=O)C1CSCN1C(=O)c1nn(-c2ccccc2F)c2c1CCC2. The Morgan fingerprint density at radius 2 is 2.00 bits per heavy atom. The fraction of sp³-hybridized carbons (Fsp3) is 0.476. The second-order valence-corrected chi connectivity index (χ2v) is 9.52. The van der Waals surface area contributed by atoms with Crippen molar-refractivity contribution in [2.45, 2.75) is 51.6 Å². The highest BCUT2D eigenvalue weighted by Crippen LogP contribution is 2.31. The van der Waals surface area contributed by atoms with Crippen LogP contribution in [-0.4, -0.2) is 49.7 Å². The topological polar surface area (TPSA) is 67.2 Å². The van der Waals surface area contributed by atoms with E-state index in [-0.39, 0.29) is 23.2 Å². The summed E-state index contributed by atoms with van der Waals surface area (Å²) < 4.78 is 15.9. The summed E-state index contributed by atoms with van der Waals surface area (Å²) in [6, 6.07) is 5.92. The number of nitrogens with zero attached hydrogens (tertiary/aromatic N) is 3.